The Kier molecular flexibility index (Phi) is 3.89. The monoisotopic (exact) mass is 199 g/mol. The zero-order valence-electron chi connectivity index (χ0n) is 9.10. The summed E-state index contributed by atoms with van der Waals surface area (Å²) in [6.45, 7) is 5.92. The first-order valence-electron chi connectivity index (χ1n) is 5.29. The molecule has 1 aliphatic heterocycles. The van der Waals surface area contributed by atoms with Crippen LogP contribution in [0.15, 0.2) is 0 Å². The van der Waals surface area contributed by atoms with Crippen molar-refractivity contribution in [2.75, 3.05) is 13.1 Å². The Morgan fingerprint density at radius 2 is 2.14 bits per heavy atom. The van der Waals surface area contributed by atoms with Crippen LogP contribution in [0.25, 0.3) is 0 Å². The number of carbonyl (C=O) groups is 1. The molecule has 0 aromatic heterocycles. The van der Waals surface area contributed by atoms with Gasteiger partial charge in [0, 0.05) is 18.0 Å². The van der Waals surface area contributed by atoms with Gasteiger partial charge in [-0.3, -0.25) is 4.79 Å². The Labute approximate surface area is 85.6 Å². The van der Waals surface area contributed by atoms with Gasteiger partial charge in [0.05, 0.1) is 0 Å². The van der Waals surface area contributed by atoms with Crippen molar-refractivity contribution in [3.63, 3.8) is 0 Å². The molecule has 0 radical (unpaired) electrons. The van der Waals surface area contributed by atoms with Crippen LogP contribution in [-0.2, 0) is 4.79 Å². The number of amides is 1. The first-order valence-corrected chi connectivity index (χ1v) is 5.29. The molecule has 14 heavy (non-hydrogen) atoms. The normalized spacial score (nSPS) is 22.8. The number of hydrogen-bond donors (Lipinski definition) is 3. The maximum absolute atomic E-state index is 11.5. The molecule has 0 bridgehead atoms. The topological polar surface area (TPSA) is 67.2 Å². The van der Waals surface area contributed by atoms with Gasteiger partial charge in [-0.25, -0.2) is 0 Å². The Balaban J connectivity index is 2.37. The molecule has 1 heterocycles. The lowest BCUT2D eigenvalue weighted by Gasteiger charge is -2.35. The fraction of sp³-hybridized carbons (Fsp3) is 0.900. The van der Waals surface area contributed by atoms with Crippen molar-refractivity contribution in [2.24, 2.45) is 5.73 Å². The van der Waals surface area contributed by atoms with Crippen molar-refractivity contribution in [1.29, 1.82) is 0 Å². The van der Waals surface area contributed by atoms with Gasteiger partial charge in [-0.2, -0.15) is 0 Å². The SMILES string of the molecule is CC(N)CC(=O)NC1(C)CCNCC1. The summed E-state index contributed by atoms with van der Waals surface area (Å²) in [5.74, 6) is 0.0735. The van der Waals surface area contributed by atoms with Crippen LogP contribution in [0.5, 0.6) is 0 Å². The van der Waals surface area contributed by atoms with Crippen LogP contribution in [0.3, 0.4) is 0 Å². The van der Waals surface area contributed by atoms with Crippen LogP contribution >= 0.6 is 0 Å². The molecule has 1 aliphatic rings. The van der Waals surface area contributed by atoms with Gasteiger partial charge in [-0.1, -0.05) is 0 Å². The van der Waals surface area contributed by atoms with E-state index >= 15 is 0 Å². The molecule has 1 fully saturated rings. The molecule has 82 valence electrons. The van der Waals surface area contributed by atoms with Crippen LogP contribution in [0, 0.1) is 0 Å². The van der Waals surface area contributed by atoms with Gasteiger partial charge in [0.25, 0.3) is 0 Å². The van der Waals surface area contributed by atoms with Gasteiger partial charge in [-0.05, 0) is 39.8 Å². The van der Waals surface area contributed by atoms with Gasteiger partial charge in [0.15, 0.2) is 0 Å². The van der Waals surface area contributed by atoms with E-state index in [0.717, 1.165) is 25.9 Å². The Morgan fingerprint density at radius 3 is 2.64 bits per heavy atom. The highest BCUT2D eigenvalue weighted by molar-refractivity contribution is 5.77. The molecule has 1 amide bonds. The third kappa shape index (κ3) is 3.64. The first-order chi connectivity index (χ1) is 6.52. The predicted molar refractivity (Wildman–Crippen MR) is 56.9 cm³/mol. The highest BCUT2D eigenvalue weighted by atomic mass is 16.1. The highest BCUT2D eigenvalue weighted by Crippen LogP contribution is 2.17. The number of nitrogens with two attached hydrogens (primary N) is 1. The zero-order valence-corrected chi connectivity index (χ0v) is 9.10. The van der Waals surface area contributed by atoms with Crippen LogP contribution in [0.2, 0.25) is 0 Å². The molecule has 0 aromatic carbocycles. The van der Waals surface area contributed by atoms with Gasteiger partial charge in [-0.15, -0.1) is 0 Å². The Hall–Kier alpha value is -0.610. The summed E-state index contributed by atoms with van der Waals surface area (Å²) in [5.41, 5.74) is 5.54. The molecule has 1 rings (SSSR count). The van der Waals surface area contributed by atoms with E-state index in [4.69, 9.17) is 5.73 Å². The van der Waals surface area contributed by atoms with Crippen LogP contribution < -0.4 is 16.4 Å². The minimum Gasteiger partial charge on any atom is -0.351 e. The van der Waals surface area contributed by atoms with E-state index in [1.54, 1.807) is 0 Å². The number of carbonyl (C=O) groups excluding carboxylic acids is 1. The van der Waals surface area contributed by atoms with Crippen molar-refractivity contribution >= 4 is 5.91 Å². The molecular formula is C10H21N3O. The third-order valence-electron chi connectivity index (χ3n) is 2.66. The second-order valence-electron chi connectivity index (χ2n) is 4.54. The Bertz CT molecular complexity index is 198. The predicted octanol–water partition coefficient (Wildman–Crippen LogP) is -0.0180. The quantitative estimate of drug-likeness (QED) is 0.598. The van der Waals surface area contributed by atoms with E-state index in [0.29, 0.717) is 6.42 Å². The summed E-state index contributed by atoms with van der Waals surface area (Å²) < 4.78 is 0. The second kappa shape index (κ2) is 4.75. The van der Waals surface area contributed by atoms with Crippen molar-refractivity contribution < 1.29 is 4.79 Å². The van der Waals surface area contributed by atoms with E-state index < -0.39 is 0 Å². The molecule has 0 aliphatic carbocycles. The molecule has 0 aromatic rings. The lowest BCUT2D eigenvalue weighted by molar-refractivity contribution is -0.123. The van der Waals surface area contributed by atoms with Gasteiger partial charge in [0.1, 0.15) is 0 Å². The van der Waals surface area contributed by atoms with E-state index in [1.165, 1.54) is 0 Å². The maximum Gasteiger partial charge on any atom is 0.221 e. The van der Waals surface area contributed by atoms with Crippen molar-refractivity contribution in [2.45, 2.75) is 44.7 Å². The standard InChI is InChI=1S/C10H21N3O/c1-8(11)7-9(14)13-10(2)3-5-12-6-4-10/h8,12H,3-7,11H2,1-2H3,(H,13,14). The van der Waals surface area contributed by atoms with Crippen LogP contribution in [0.4, 0.5) is 0 Å². The number of piperidine rings is 1. The molecule has 4 heteroatoms. The molecular weight excluding hydrogens is 178 g/mol. The summed E-state index contributed by atoms with van der Waals surface area (Å²) in [6, 6.07) is -0.0553. The lowest BCUT2D eigenvalue weighted by Crippen LogP contribution is -2.52. The molecule has 4 N–H and O–H groups in total. The summed E-state index contributed by atoms with van der Waals surface area (Å²) in [5, 5.41) is 6.35. The summed E-state index contributed by atoms with van der Waals surface area (Å²) in [7, 11) is 0. The summed E-state index contributed by atoms with van der Waals surface area (Å²) in [4.78, 5) is 11.5. The van der Waals surface area contributed by atoms with E-state index in [9.17, 15) is 4.79 Å². The average molecular weight is 199 g/mol. The third-order valence-corrected chi connectivity index (χ3v) is 2.66. The van der Waals surface area contributed by atoms with E-state index in [2.05, 4.69) is 17.6 Å². The van der Waals surface area contributed by atoms with Crippen molar-refractivity contribution in [3.05, 3.63) is 0 Å². The molecule has 0 saturated carbocycles. The lowest BCUT2D eigenvalue weighted by atomic mass is 9.90. The molecule has 4 nitrogen and oxygen atoms in total. The first kappa shape index (κ1) is 11.5. The van der Waals surface area contributed by atoms with Gasteiger partial charge >= 0.3 is 0 Å². The molecule has 1 saturated heterocycles. The minimum atomic E-state index is -0.0553. The number of hydrogen-bond acceptors (Lipinski definition) is 3. The number of nitrogens with one attached hydrogen (secondary N) is 2. The fourth-order valence-electron chi connectivity index (χ4n) is 1.78. The van der Waals surface area contributed by atoms with Crippen LogP contribution in [0.1, 0.15) is 33.1 Å². The van der Waals surface area contributed by atoms with Crippen LogP contribution in [-0.4, -0.2) is 30.6 Å². The maximum atomic E-state index is 11.5. The van der Waals surface area contributed by atoms with E-state index in [1.807, 2.05) is 6.92 Å². The molecule has 1 atom stereocenters. The minimum absolute atomic E-state index is 0.0305. The average Bonchev–Trinajstić information content (AvgIpc) is 2.02. The second-order valence-corrected chi connectivity index (χ2v) is 4.54. The number of rotatable bonds is 3. The highest BCUT2D eigenvalue weighted by Gasteiger charge is 2.28. The van der Waals surface area contributed by atoms with E-state index in [-0.39, 0.29) is 17.5 Å². The smallest absolute Gasteiger partial charge is 0.221 e. The Morgan fingerprint density at radius 1 is 1.57 bits per heavy atom. The molecule has 0 spiro atoms. The van der Waals surface area contributed by atoms with Crippen molar-refractivity contribution in [1.82, 2.24) is 10.6 Å². The zero-order chi connectivity index (χ0) is 10.6. The van der Waals surface area contributed by atoms with Gasteiger partial charge < -0.3 is 16.4 Å². The van der Waals surface area contributed by atoms with Crippen molar-refractivity contribution in [3.8, 4) is 0 Å². The summed E-state index contributed by atoms with van der Waals surface area (Å²) >= 11 is 0. The molecule has 1 unspecified atom stereocenters. The summed E-state index contributed by atoms with van der Waals surface area (Å²) in [6.07, 6.45) is 2.42. The largest absolute Gasteiger partial charge is 0.351 e. The van der Waals surface area contributed by atoms with Gasteiger partial charge in [0.2, 0.25) is 5.91 Å². The fourth-order valence-corrected chi connectivity index (χ4v) is 1.78.